The SMILES string of the molecule is Cc1[nH]c(=O)c(C(=O)NCCC#N)cc1Cl. The van der Waals surface area contributed by atoms with Gasteiger partial charge in [-0.15, -0.1) is 0 Å². The Kier molecular flexibility index (Phi) is 4.09. The fraction of sp³-hybridized carbons (Fsp3) is 0.300. The van der Waals surface area contributed by atoms with Gasteiger partial charge in [0.05, 0.1) is 17.5 Å². The molecule has 0 saturated heterocycles. The van der Waals surface area contributed by atoms with Crippen LogP contribution < -0.4 is 10.9 Å². The number of aromatic nitrogens is 1. The molecule has 0 unspecified atom stereocenters. The molecule has 1 aromatic rings. The number of hydrogen-bond donors (Lipinski definition) is 2. The van der Waals surface area contributed by atoms with Gasteiger partial charge in [0.25, 0.3) is 11.5 Å². The Morgan fingerprint density at radius 3 is 3.00 bits per heavy atom. The number of hydrogen-bond acceptors (Lipinski definition) is 3. The zero-order valence-electron chi connectivity index (χ0n) is 8.63. The predicted octanol–water partition coefficient (Wildman–Crippen LogP) is 0.980. The smallest absolute Gasteiger partial charge is 0.261 e. The van der Waals surface area contributed by atoms with E-state index in [0.717, 1.165) is 0 Å². The maximum absolute atomic E-state index is 11.5. The monoisotopic (exact) mass is 239 g/mol. The number of amides is 1. The van der Waals surface area contributed by atoms with Crippen LogP contribution in [-0.2, 0) is 0 Å². The van der Waals surface area contributed by atoms with Crippen LogP contribution >= 0.6 is 11.6 Å². The van der Waals surface area contributed by atoms with Crippen LogP contribution in [0.5, 0.6) is 0 Å². The summed E-state index contributed by atoms with van der Waals surface area (Å²) in [4.78, 5) is 25.4. The van der Waals surface area contributed by atoms with E-state index < -0.39 is 11.5 Å². The van der Waals surface area contributed by atoms with E-state index in [1.54, 1.807) is 6.92 Å². The molecule has 0 atom stereocenters. The number of pyridine rings is 1. The molecule has 0 bridgehead atoms. The van der Waals surface area contributed by atoms with Gasteiger partial charge in [0.2, 0.25) is 0 Å². The average molecular weight is 240 g/mol. The van der Waals surface area contributed by atoms with Crippen molar-refractivity contribution in [3.8, 4) is 6.07 Å². The summed E-state index contributed by atoms with van der Waals surface area (Å²) in [6.45, 7) is 1.85. The molecule has 1 aromatic heterocycles. The third-order valence-corrected chi connectivity index (χ3v) is 2.33. The summed E-state index contributed by atoms with van der Waals surface area (Å²) < 4.78 is 0. The molecular formula is C10H10ClN3O2. The van der Waals surface area contributed by atoms with Gasteiger partial charge in [-0.2, -0.15) is 5.26 Å². The van der Waals surface area contributed by atoms with Gasteiger partial charge in [0.15, 0.2) is 0 Å². The van der Waals surface area contributed by atoms with Crippen molar-refractivity contribution in [3.05, 3.63) is 32.7 Å². The topological polar surface area (TPSA) is 85.8 Å². The second kappa shape index (κ2) is 5.33. The van der Waals surface area contributed by atoms with E-state index in [4.69, 9.17) is 16.9 Å². The molecule has 2 N–H and O–H groups in total. The van der Waals surface area contributed by atoms with E-state index >= 15 is 0 Å². The Hall–Kier alpha value is -1.80. The maximum atomic E-state index is 11.5. The molecule has 0 aliphatic heterocycles. The number of nitrogens with zero attached hydrogens (tertiary/aromatic N) is 1. The van der Waals surface area contributed by atoms with Crippen molar-refractivity contribution in [1.29, 1.82) is 5.26 Å². The van der Waals surface area contributed by atoms with Crippen molar-refractivity contribution in [2.45, 2.75) is 13.3 Å². The molecule has 1 rings (SSSR count). The van der Waals surface area contributed by atoms with Crippen LogP contribution in [0.15, 0.2) is 10.9 Å². The highest BCUT2D eigenvalue weighted by Crippen LogP contribution is 2.11. The van der Waals surface area contributed by atoms with Gasteiger partial charge in [0.1, 0.15) is 5.56 Å². The van der Waals surface area contributed by atoms with Crippen molar-refractivity contribution in [3.63, 3.8) is 0 Å². The largest absolute Gasteiger partial charge is 0.351 e. The minimum Gasteiger partial charge on any atom is -0.351 e. The Morgan fingerprint density at radius 2 is 2.38 bits per heavy atom. The first-order valence-electron chi connectivity index (χ1n) is 4.61. The standard InChI is InChI=1S/C10H10ClN3O2/c1-6-8(11)5-7(10(16)14-6)9(15)13-4-2-3-12/h5H,2,4H2,1H3,(H,13,15)(H,14,16). The van der Waals surface area contributed by atoms with Crippen LogP contribution in [0, 0.1) is 18.3 Å². The molecule has 5 nitrogen and oxygen atoms in total. The highest BCUT2D eigenvalue weighted by atomic mass is 35.5. The molecule has 84 valence electrons. The van der Waals surface area contributed by atoms with Crippen molar-refractivity contribution < 1.29 is 4.79 Å². The first-order chi connectivity index (χ1) is 7.56. The minimum atomic E-state index is -0.529. The van der Waals surface area contributed by atoms with E-state index in [0.29, 0.717) is 10.7 Å². The van der Waals surface area contributed by atoms with E-state index in [2.05, 4.69) is 10.3 Å². The minimum absolute atomic E-state index is 0.0476. The molecule has 6 heteroatoms. The van der Waals surface area contributed by atoms with Gasteiger partial charge in [-0.3, -0.25) is 9.59 Å². The summed E-state index contributed by atoms with van der Waals surface area (Å²) >= 11 is 5.79. The molecule has 1 amide bonds. The van der Waals surface area contributed by atoms with Crippen molar-refractivity contribution in [2.24, 2.45) is 0 Å². The second-order valence-electron chi connectivity index (χ2n) is 3.15. The summed E-state index contributed by atoms with van der Waals surface area (Å²) in [6.07, 6.45) is 0.198. The Labute approximate surface area is 97.0 Å². The van der Waals surface area contributed by atoms with Crippen LogP contribution in [0.3, 0.4) is 0 Å². The summed E-state index contributed by atoms with van der Waals surface area (Å²) in [5.41, 5.74) is -0.0230. The highest BCUT2D eigenvalue weighted by molar-refractivity contribution is 6.31. The summed E-state index contributed by atoms with van der Waals surface area (Å²) in [5.74, 6) is -0.529. The van der Waals surface area contributed by atoms with Gasteiger partial charge >= 0.3 is 0 Å². The number of nitriles is 1. The first-order valence-corrected chi connectivity index (χ1v) is 4.98. The lowest BCUT2D eigenvalue weighted by Gasteiger charge is -2.03. The number of carbonyl (C=O) groups is 1. The fourth-order valence-corrected chi connectivity index (χ4v) is 1.25. The molecule has 0 aliphatic carbocycles. The Balaban J connectivity index is 2.89. The molecule has 0 spiro atoms. The second-order valence-corrected chi connectivity index (χ2v) is 3.56. The summed E-state index contributed by atoms with van der Waals surface area (Å²) in [7, 11) is 0. The highest BCUT2D eigenvalue weighted by Gasteiger charge is 2.11. The quantitative estimate of drug-likeness (QED) is 0.771. The van der Waals surface area contributed by atoms with Crippen LogP contribution in [0.1, 0.15) is 22.5 Å². The first kappa shape index (κ1) is 12.3. The van der Waals surface area contributed by atoms with Crippen molar-refractivity contribution >= 4 is 17.5 Å². The molecule has 0 radical (unpaired) electrons. The predicted molar refractivity (Wildman–Crippen MR) is 59.4 cm³/mol. The third kappa shape index (κ3) is 2.84. The van der Waals surface area contributed by atoms with E-state index in [9.17, 15) is 9.59 Å². The number of halogens is 1. The van der Waals surface area contributed by atoms with Crippen LogP contribution in [-0.4, -0.2) is 17.4 Å². The van der Waals surface area contributed by atoms with Gasteiger partial charge in [-0.25, -0.2) is 0 Å². The molecule has 0 aromatic carbocycles. The number of rotatable bonds is 3. The zero-order chi connectivity index (χ0) is 12.1. The lowest BCUT2D eigenvalue weighted by atomic mass is 10.2. The average Bonchev–Trinajstić information content (AvgIpc) is 2.23. The molecule has 16 heavy (non-hydrogen) atoms. The lowest BCUT2D eigenvalue weighted by molar-refractivity contribution is 0.0953. The van der Waals surface area contributed by atoms with Crippen LogP contribution in [0.25, 0.3) is 0 Å². The Bertz CT molecular complexity index is 502. The molecule has 0 saturated carbocycles. The summed E-state index contributed by atoms with van der Waals surface area (Å²) in [6, 6.07) is 3.20. The summed E-state index contributed by atoms with van der Waals surface area (Å²) in [5, 5.41) is 11.1. The number of aromatic amines is 1. The lowest BCUT2D eigenvalue weighted by Crippen LogP contribution is -2.30. The maximum Gasteiger partial charge on any atom is 0.261 e. The number of nitrogens with one attached hydrogen (secondary N) is 2. The van der Waals surface area contributed by atoms with Gasteiger partial charge < -0.3 is 10.3 Å². The normalized spacial score (nSPS) is 9.56. The van der Waals surface area contributed by atoms with Gasteiger partial charge in [-0.05, 0) is 13.0 Å². The zero-order valence-corrected chi connectivity index (χ0v) is 9.39. The van der Waals surface area contributed by atoms with Gasteiger partial charge in [-0.1, -0.05) is 11.6 Å². The van der Waals surface area contributed by atoms with E-state index in [1.807, 2.05) is 6.07 Å². The number of carbonyl (C=O) groups excluding carboxylic acids is 1. The molecular weight excluding hydrogens is 230 g/mol. The molecule has 0 fully saturated rings. The van der Waals surface area contributed by atoms with Gasteiger partial charge in [0, 0.05) is 12.2 Å². The molecule has 0 aliphatic rings. The van der Waals surface area contributed by atoms with E-state index in [-0.39, 0.29) is 18.5 Å². The third-order valence-electron chi connectivity index (χ3n) is 1.94. The van der Waals surface area contributed by atoms with Crippen LogP contribution in [0.2, 0.25) is 5.02 Å². The van der Waals surface area contributed by atoms with Crippen LogP contribution in [0.4, 0.5) is 0 Å². The van der Waals surface area contributed by atoms with Crippen molar-refractivity contribution in [2.75, 3.05) is 6.54 Å². The van der Waals surface area contributed by atoms with Crippen molar-refractivity contribution in [1.82, 2.24) is 10.3 Å². The number of H-pyrrole nitrogens is 1. The fourth-order valence-electron chi connectivity index (χ4n) is 1.09. The van der Waals surface area contributed by atoms with E-state index in [1.165, 1.54) is 6.07 Å². The molecule has 1 heterocycles. The number of aryl methyl sites for hydroxylation is 1. The Morgan fingerprint density at radius 1 is 1.69 bits per heavy atom.